The van der Waals surface area contributed by atoms with Gasteiger partial charge in [-0.2, -0.15) is 0 Å². The van der Waals surface area contributed by atoms with Crippen LogP contribution in [0.3, 0.4) is 0 Å². The summed E-state index contributed by atoms with van der Waals surface area (Å²) in [5.41, 5.74) is 3.59. The van der Waals surface area contributed by atoms with Gasteiger partial charge in [-0.25, -0.2) is 0 Å². The van der Waals surface area contributed by atoms with Crippen LogP contribution in [0.2, 0.25) is 0 Å². The highest BCUT2D eigenvalue weighted by Gasteiger charge is 2.12. The summed E-state index contributed by atoms with van der Waals surface area (Å²) in [6.45, 7) is 3.04. The van der Waals surface area contributed by atoms with E-state index in [0.717, 1.165) is 17.6 Å². The molecule has 0 saturated heterocycles. The third-order valence-corrected chi connectivity index (χ3v) is 4.75. The van der Waals surface area contributed by atoms with Crippen LogP contribution in [0.4, 0.5) is 5.69 Å². The number of pyridine rings is 1. The number of aryl methyl sites for hydroxylation is 1. The molecule has 0 atom stereocenters. The first-order chi connectivity index (χ1) is 12.2. The van der Waals surface area contributed by atoms with Crippen LogP contribution in [0.25, 0.3) is 21.8 Å². The molecule has 0 fully saturated rings. The predicted octanol–water partition coefficient (Wildman–Crippen LogP) is 5.12. The molecule has 0 radical (unpaired) electrons. The molecule has 2 aromatic carbocycles. The maximum absolute atomic E-state index is 12.5. The summed E-state index contributed by atoms with van der Waals surface area (Å²) < 4.78 is 2.72. The molecule has 0 unspecified atom stereocenters. The lowest BCUT2D eigenvalue weighted by Crippen LogP contribution is -2.12. The van der Waals surface area contributed by atoms with Gasteiger partial charge in [-0.1, -0.05) is 30.4 Å². The Morgan fingerprint density at radius 3 is 2.68 bits per heavy atom. The third-order valence-electron chi connectivity index (χ3n) is 4.41. The van der Waals surface area contributed by atoms with Gasteiger partial charge in [0.25, 0.3) is 5.91 Å². The molecule has 4 aromatic rings. The van der Waals surface area contributed by atoms with Crippen LogP contribution in [0.1, 0.15) is 17.3 Å². The van der Waals surface area contributed by atoms with E-state index in [1.807, 2.05) is 24.3 Å². The summed E-state index contributed by atoms with van der Waals surface area (Å²) in [6, 6.07) is 17.8. The molecule has 0 bridgehead atoms. The molecule has 2 N–H and O–H groups in total. The minimum Gasteiger partial charge on any atom is -0.352 e. The number of aromatic amines is 1. The van der Waals surface area contributed by atoms with E-state index < -0.39 is 0 Å². The Labute approximate surface area is 150 Å². The number of benzene rings is 2. The fraction of sp³-hybridized carbons (Fsp3) is 0.100. The van der Waals surface area contributed by atoms with Gasteiger partial charge in [0, 0.05) is 40.2 Å². The number of carbonyl (C=O) groups excluding carboxylic acids is 1. The van der Waals surface area contributed by atoms with E-state index in [1.165, 1.54) is 16.4 Å². The Morgan fingerprint density at radius 1 is 1.08 bits per heavy atom. The maximum atomic E-state index is 12.5. The highest BCUT2D eigenvalue weighted by molar-refractivity contribution is 7.71. The zero-order valence-corrected chi connectivity index (χ0v) is 14.6. The van der Waals surface area contributed by atoms with E-state index in [1.54, 1.807) is 18.3 Å². The largest absolute Gasteiger partial charge is 0.352 e. The number of anilines is 1. The smallest absolute Gasteiger partial charge is 0.258 e. The van der Waals surface area contributed by atoms with Gasteiger partial charge in [0.05, 0.1) is 5.56 Å². The van der Waals surface area contributed by atoms with Crippen LogP contribution >= 0.6 is 12.2 Å². The summed E-state index contributed by atoms with van der Waals surface area (Å²) in [7, 11) is 0. The SMILES string of the molecule is CCn1c2ccccc2c2cc(NC(=O)c3ccc[nH]c3=S)ccc21. The normalized spacial score (nSPS) is 11.1. The van der Waals surface area contributed by atoms with E-state index in [-0.39, 0.29) is 5.91 Å². The standard InChI is InChI=1S/C20H17N3OS/c1-2-23-17-8-4-3-6-14(17)16-12-13(9-10-18(16)23)22-19(24)15-7-5-11-21-20(15)25/h3-12H,2H2,1H3,(H,21,25)(H,22,24). The lowest BCUT2D eigenvalue weighted by atomic mass is 10.1. The molecule has 0 saturated carbocycles. The molecule has 124 valence electrons. The first kappa shape index (κ1) is 15.6. The average Bonchev–Trinajstić information content (AvgIpc) is 2.95. The summed E-state index contributed by atoms with van der Waals surface area (Å²) in [4.78, 5) is 15.4. The van der Waals surface area contributed by atoms with Crippen molar-refractivity contribution in [3.8, 4) is 0 Å². The van der Waals surface area contributed by atoms with Crippen molar-refractivity contribution in [1.29, 1.82) is 0 Å². The van der Waals surface area contributed by atoms with Crippen molar-refractivity contribution in [3.63, 3.8) is 0 Å². The van der Waals surface area contributed by atoms with Crippen molar-refractivity contribution >= 4 is 45.6 Å². The third kappa shape index (κ3) is 2.62. The lowest BCUT2D eigenvalue weighted by Gasteiger charge is -2.07. The fourth-order valence-electron chi connectivity index (χ4n) is 3.27. The number of hydrogen-bond donors (Lipinski definition) is 2. The number of para-hydroxylation sites is 1. The monoisotopic (exact) mass is 347 g/mol. The van der Waals surface area contributed by atoms with Crippen LogP contribution in [-0.2, 0) is 6.54 Å². The van der Waals surface area contributed by atoms with Crippen LogP contribution in [-0.4, -0.2) is 15.5 Å². The van der Waals surface area contributed by atoms with Crippen LogP contribution < -0.4 is 5.32 Å². The van der Waals surface area contributed by atoms with Gasteiger partial charge in [-0.05, 0) is 43.3 Å². The average molecular weight is 347 g/mol. The van der Waals surface area contributed by atoms with Gasteiger partial charge < -0.3 is 14.9 Å². The summed E-state index contributed by atoms with van der Waals surface area (Å²) in [6.07, 6.45) is 1.71. The van der Waals surface area contributed by atoms with E-state index in [4.69, 9.17) is 12.2 Å². The molecular formula is C20H17N3OS. The summed E-state index contributed by atoms with van der Waals surface area (Å²) in [5.74, 6) is -0.208. The van der Waals surface area contributed by atoms with Crippen LogP contribution in [0, 0.1) is 4.64 Å². The zero-order chi connectivity index (χ0) is 17.4. The fourth-order valence-corrected chi connectivity index (χ4v) is 3.50. The number of aromatic nitrogens is 2. The van der Waals surface area contributed by atoms with Gasteiger partial charge in [0.2, 0.25) is 0 Å². The zero-order valence-electron chi connectivity index (χ0n) is 13.7. The second kappa shape index (κ2) is 6.18. The number of H-pyrrole nitrogens is 1. The number of amides is 1. The highest BCUT2D eigenvalue weighted by atomic mass is 32.1. The second-order valence-corrected chi connectivity index (χ2v) is 6.27. The molecule has 1 amide bonds. The van der Waals surface area contributed by atoms with E-state index >= 15 is 0 Å². The summed E-state index contributed by atoms with van der Waals surface area (Å²) in [5, 5.41) is 5.27. The Bertz CT molecular complexity index is 1160. The highest BCUT2D eigenvalue weighted by Crippen LogP contribution is 2.31. The molecular weight excluding hydrogens is 330 g/mol. The molecule has 2 heterocycles. The van der Waals surface area contributed by atoms with Crippen molar-refractivity contribution < 1.29 is 4.79 Å². The van der Waals surface area contributed by atoms with E-state index in [2.05, 4.69) is 40.0 Å². The van der Waals surface area contributed by atoms with Gasteiger partial charge in [0.15, 0.2) is 0 Å². The first-order valence-corrected chi connectivity index (χ1v) is 8.60. The van der Waals surface area contributed by atoms with Crippen molar-refractivity contribution in [1.82, 2.24) is 9.55 Å². The van der Waals surface area contributed by atoms with Gasteiger partial charge in [-0.15, -0.1) is 0 Å². The maximum Gasteiger partial charge on any atom is 0.258 e. The predicted molar refractivity (Wildman–Crippen MR) is 105 cm³/mol. The molecule has 0 spiro atoms. The van der Waals surface area contributed by atoms with Crippen LogP contribution in [0.5, 0.6) is 0 Å². The minimum atomic E-state index is -0.208. The van der Waals surface area contributed by atoms with Crippen molar-refractivity contribution in [2.45, 2.75) is 13.5 Å². The summed E-state index contributed by atoms with van der Waals surface area (Å²) >= 11 is 5.18. The Balaban J connectivity index is 1.79. The lowest BCUT2D eigenvalue weighted by molar-refractivity contribution is 0.102. The topological polar surface area (TPSA) is 49.8 Å². The molecule has 25 heavy (non-hydrogen) atoms. The van der Waals surface area contributed by atoms with E-state index in [9.17, 15) is 4.79 Å². The Kier molecular flexibility index (Phi) is 3.86. The number of hydrogen-bond acceptors (Lipinski definition) is 2. The van der Waals surface area contributed by atoms with Crippen LogP contribution in [0.15, 0.2) is 60.8 Å². The molecule has 0 aliphatic heterocycles. The second-order valence-electron chi connectivity index (χ2n) is 5.86. The molecule has 4 nitrogen and oxygen atoms in total. The van der Waals surface area contributed by atoms with Gasteiger partial charge in [-0.3, -0.25) is 4.79 Å². The molecule has 0 aliphatic rings. The molecule has 4 rings (SSSR count). The molecule has 2 aromatic heterocycles. The number of nitrogens with one attached hydrogen (secondary N) is 2. The number of fused-ring (bicyclic) bond motifs is 3. The quantitative estimate of drug-likeness (QED) is 0.505. The van der Waals surface area contributed by atoms with Gasteiger partial charge >= 0.3 is 0 Å². The van der Waals surface area contributed by atoms with Crippen molar-refractivity contribution in [3.05, 3.63) is 71.0 Å². The number of rotatable bonds is 3. The first-order valence-electron chi connectivity index (χ1n) is 8.19. The number of nitrogens with zero attached hydrogens (tertiary/aromatic N) is 1. The van der Waals surface area contributed by atoms with Gasteiger partial charge in [0.1, 0.15) is 4.64 Å². The number of carbonyl (C=O) groups is 1. The molecule has 5 heteroatoms. The Morgan fingerprint density at radius 2 is 1.88 bits per heavy atom. The Hall–Kier alpha value is -2.92. The minimum absolute atomic E-state index is 0.208. The van der Waals surface area contributed by atoms with E-state index in [0.29, 0.717) is 10.2 Å². The van der Waals surface area contributed by atoms with Crippen molar-refractivity contribution in [2.24, 2.45) is 0 Å². The molecule has 0 aliphatic carbocycles. The van der Waals surface area contributed by atoms with Crippen molar-refractivity contribution in [2.75, 3.05) is 5.32 Å².